The first-order valence-electron chi connectivity index (χ1n) is 6.85. The first-order chi connectivity index (χ1) is 10.3. The average molecular weight is 301 g/mol. The molecule has 0 aliphatic heterocycles. The molecule has 3 heterocycles. The van der Waals surface area contributed by atoms with E-state index in [2.05, 4.69) is 25.4 Å². The molecule has 1 aliphatic carbocycles. The minimum Gasteiger partial charge on any atom is -0.364 e. The third-order valence-electron chi connectivity index (χ3n) is 3.47. The third kappa shape index (κ3) is 2.54. The Bertz CT molecular complexity index is 795. The Morgan fingerprint density at radius 1 is 1.24 bits per heavy atom. The zero-order chi connectivity index (χ0) is 14.2. The third-order valence-corrected chi connectivity index (χ3v) is 3.67. The molecule has 6 nitrogen and oxygen atoms in total. The van der Waals surface area contributed by atoms with Gasteiger partial charge in [0.25, 0.3) is 0 Å². The van der Waals surface area contributed by atoms with E-state index in [-0.39, 0.29) is 0 Å². The summed E-state index contributed by atoms with van der Waals surface area (Å²) < 4.78 is 1.80. The molecule has 0 spiro atoms. The van der Waals surface area contributed by atoms with Crippen molar-refractivity contribution in [1.82, 2.24) is 24.6 Å². The summed E-state index contributed by atoms with van der Waals surface area (Å²) in [5, 5.41) is 8.02. The van der Waals surface area contributed by atoms with Gasteiger partial charge in [-0.25, -0.2) is 19.5 Å². The molecule has 0 saturated heterocycles. The highest BCUT2D eigenvalue weighted by Crippen LogP contribution is 2.38. The molecular formula is C14H13ClN6. The smallest absolute Gasteiger partial charge is 0.155 e. The molecule has 1 N–H and O–H groups in total. The van der Waals surface area contributed by atoms with Gasteiger partial charge in [0.05, 0.1) is 18.4 Å². The highest BCUT2D eigenvalue weighted by Gasteiger charge is 2.27. The Balaban J connectivity index is 1.57. The lowest BCUT2D eigenvalue weighted by atomic mass is 10.3. The molecule has 7 heteroatoms. The molecule has 4 rings (SSSR count). The standard InChI is InChI=1S/C14H13ClN6/c15-11-7-12(20-14(19-11)9-1-2-9)17-8-10-3-5-16-13-4-6-18-21(10)13/h3-7,9H,1-2,8H2,(H,17,19,20). The van der Waals surface area contributed by atoms with Crippen LogP contribution in [0.1, 0.15) is 30.3 Å². The van der Waals surface area contributed by atoms with Crippen LogP contribution >= 0.6 is 11.6 Å². The first kappa shape index (κ1) is 12.5. The maximum atomic E-state index is 6.06. The fourth-order valence-corrected chi connectivity index (χ4v) is 2.44. The molecule has 3 aromatic heterocycles. The molecule has 0 atom stereocenters. The van der Waals surface area contributed by atoms with E-state index >= 15 is 0 Å². The molecular weight excluding hydrogens is 288 g/mol. The van der Waals surface area contributed by atoms with Crippen LogP contribution in [-0.4, -0.2) is 24.6 Å². The molecule has 106 valence electrons. The predicted octanol–water partition coefficient (Wildman–Crippen LogP) is 2.66. The number of anilines is 1. The van der Waals surface area contributed by atoms with E-state index in [0.717, 1.165) is 35.8 Å². The van der Waals surface area contributed by atoms with Gasteiger partial charge in [0, 0.05) is 24.2 Å². The summed E-state index contributed by atoms with van der Waals surface area (Å²) in [5.74, 6) is 2.06. The molecule has 0 bridgehead atoms. The van der Waals surface area contributed by atoms with Gasteiger partial charge in [-0.3, -0.25) is 0 Å². The van der Waals surface area contributed by atoms with E-state index in [4.69, 9.17) is 11.6 Å². The molecule has 0 radical (unpaired) electrons. The van der Waals surface area contributed by atoms with Crippen molar-refractivity contribution in [3.63, 3.8) is 0 Å². The van der Waals surface area contributed by atoms with Crippen molar-refractivity contribution in [2.24, 2.45) is 0 Å². The van der Waals surface area contributed by atoms with Crippen molar-refractivity contribution < 1.29 is 0 Å². The van der Waals surface area contributed by atoms with Gasteiger partial charge in [-0.15, -0.1) is 0 Å². The second-order valence-corrected chi connectivity index (χ2v) is 5.49. The number of hydrogen-bond acceptors (Lipinski definition) is 5. The van der Waals surface area contributed by atoms with E-state index in [9.17, 15) is 0 Å². The van der Waals surface area contributed by atoms with Crippen LogP contribution in [0.4, 0.5) is 5.82 Å². The van der Waals surface area contributed by atoms with E-state index in [1.807, 2.05) is 12.1 Å². The lowest BCUT2D eigenvalue weighted by Gasteiger charge is -2.08. The SMILES string of the molecule is Clc1cc(NCc2ccnc3ccnn23)nc(C2CC2)n1. The lowest BCUT2D eigenvalue weighted by Crippen LogP contribution is -2.08. The number of nitrogens with zero attached hydrogens (tertiary/aromatic N) is 5. The normalized spacial score (nSPS) is 14.5. The summed E-state index contributed by atoms with van der Waals surface area (Å²) >= 11 is 6.06. The molecule has 0 aromatic carbocycles. The van der Waals surface area contributed by atoms with E-state index < -0.39 is 0 Å². The Morgan fingerprint density at radius 3 is 3.00 bits per heavy atom. The molecule has 1 aliphatic rings. The number of hydrogen-bond donors (Lipinski definition) is 1. The molecule has 0 amide bonds. The van der Waals surface area contributed by atoms with Crippen molar-refractivity contribution in [2.45, 2.75) is 25.3 Å². The number of nitrogens with one attached hydrogen (secondary N) is 1. The van der Waals surface area contributed by atoms with Crippen molar-refractivity contribution in [3.8, 4) is 0 Å². The van der Waals surface area contributed by atoms with Crippen LogP contribution in [-0.2, 0) is 6.54 Å². The van der Waals surface area contributed by atoms with Crippen LogP contribution in [0, 0.1) is 0 Å². The first-order valence-corrected chi connectivity index (χ1v) is 7.23. The van der Waals surface area contributed by atoms with Crippen LogP contribution < -0.4 is 5.32 Å². The molecule has 3 aromatic rings. The van der Waals surface area contributed by atoms with Crippen molar-refractivity contribution >= 4 is 23.1 Å². The van der Waals surface area contributed by atoms with Crippen LogP contribution in [0.25, 0.3) is 5.65 Å². The minimum atomic E-state index is 0.475. The van der Waals surface area contributed by atoms with Gasteiger partial charge in [0.1, 0.15) is 16.8 Å². The highest BCUT2D eigenvalue weighted by atomic mass is 35.5. The maximum absolute atomic E-state index is 6.06. The van der Waals surface area contributed by atoms with Gasteiger partial charge >= 0.3 is 0 Å². The van der Waals surface area contributed by atoms with Crippen LogP contribution in [0.2, 0.25) is 5.15 Å². The van der Waals surface area contributed by atoms with Crippen LogP contribution in [0.3, 0.4) is 0 Å². The zero-order valence-corrected chi connectivity index (χ0v) is 12.0. The highest BCUT2D eigenvalue weighted by molar-refractivity contribution is 6.29. The molecule has 21 heavy (non-hydrogen) atoms. The number of rotatable bonds is 4. The minimum absolute atomic E-state index is 0.475. The van der Waals surface area contributed by atoms with Gasteiger partial charge in [-0.05, 0) is 18.9 Å². The van der Waals surface area contributed by atoms with Gasteiger partial charge in [0.2, 0.25) is 0 Å². The van der Waals surface area contributed by atoms with Gasteiger partial charge in [-0.2, -0.15) is 5.10 Å². The molecule has 1 fully saturated rings. The van der Waals surface area contributed by atoms with Crippen molar-refractivity contribution in [3.05, 3.63) is 47.3 Å². The van der Waals surface area contributed by atoms with Gasteiger partial charge < -0.3 is 5.32 Å². The Kier molecular flexibility index (Phi) is 2.96. The zero-order valence-electron chi connectivity index (χ0n) is 11.2. The Labute approximate surface area is 126 Å². The van der Waals surface area contributed by atoms with Crippen molar-refractivity contribution in [1.29, 1.82) is 0 Å². The largest absolute Gasteiger partial charge is 0.364 e. The molecule has 1 saturated carbocycles. The fourth-order valence-electron chi connectivity index (χ4n) is 2.25. The Morgan fingerprint density at radius 2 is 2.14 bits per heavy atom. The topological polar surface area (TPSA) is 68.0 Å². The maximum Gasteiger partial charge on any atom is 0.155 e. The number of halogens is 1. The van der Waals surface area contributed by atoms with Gasteiger partial charge in [0.15, 0.2) is 5.65 Å². The summed E-state index contributed by atoms with van der Waals surface area (Å²) in [7, 11) is 0. The van der Waals surface area contributed by atoms with Gasteiger partial charge in [-0.1, -0.05) is 11.6 Å². The Hall–Kier alpha value is -2.21. The lowest BCUT2D eigenvalue weighted by molar-refractivity contribution is 0.847. The predicted molar refractivity (Wildman–Crippen MR) is 79.3 cm³/mol. The average Bonchev–Trinajstić information content (AvgIpc) is 3.22. The van der Waals surface area contributed by atoms with Crippen LogP contribution in [0.5, 0.6) is 0 Å². The summed E-state index contributed by atoms with van der Waals surface area (Å²) in [6.07, 6.45) is 5.81. The van der Waals surface area contributed by atoms with Crippen LogP contribution in [0.15, 0.2) is 30.6 Å². The summed E-state index contributed by atoms with van der Waals surface area (Å²) in [4.78, 5) is 13.0. The summed E-state index contributed by atoms with van der Waals surface area (Å²) in [5.41, 5.74) is 1.83. The summed E-state index contributed by atoms with van der Waals surface area (Å²) in [6.45, 7) is 0.595. The van der Waals surface area contributed by atoms with Crippen molar-refractivity contribution in [2.75, 3.05) is 5.32 Å². The van der Waals surface area contributed by atoms with E-state index in [0.29, 0.717) is 17.6 Å². The second-order valence-electron chi connectivity index (χ2n) is 5.10. The number of fused-ring (bicyclic) bond motifs is 1. The van der Waals surface area contributed by atoms with E-state index in [1.165, 1.54) is 0 Å². The van der Waals surface area contributed by atoms with E-state index in [1.54, 1.807) is 23.0 Å². The second kappa shape index (κ2) is 4.96. The summed E-state index contributed by atoms with van der Waals surface area (Å²) in [6, 6.07) is 5.54. The quantitative estimate of drug-likeness (QED) is 0.750. The number of aromatic nitrogens is 5. The monoisotopic (exact) mass is 300 g/mol. The molecule has 0 unspecified atom stereocenters. The fraction of sp³-hybridized carbons (Fsp3) is 0.286.